The standard InChI is InChI=1S/C19H20N2O3/c1-13(2)14-7-9-16(10-8-14)23-12-18-20-21-19(24-18)15-5-4-6-17(11-15)22-3/h4-11,13H,12H2,1-3H3. The minimum absolute atomic E-state index is 0.234. The van der Waals surface area contributed by atoms with Crippen LogP contribution in [0.4, 0.5) is 0 Å². The zero-order chi connectivity index (χ0) is 16.9. The van der Waals surface area contributed by atoms with Crippen molar-refractivity contribution in [1.29, 1.82) is 0 Å². The van der Waals surface area contributed by atoms with Crippen LogP contribution in [-0.4, -0.2) is 17.3 Å². The molecule has 0 aliphatic heterocycles. The summed E-state index contributed by atoms with van der Waals surface area (Å²) in [5.41, 5.74) is 2.09. The van der Waals surface area contributed by atoms with Crippen LogP contribution < -0.4 is 9.47 Å². The van der Waals surface area contributed by atoms with Crippen LogP contribution in [0.25, 0.3) is 11.5 Å². The summed E-state index contributed by atoms with van der Waals surface area (Å²) in [5.74, 6) is 2.90. The van der Waals surface area contributed by atoms with Gasteiger partial charge < -0.3 is 13.9 Å². The molecular weight excluding hydrogens is 304 g/mol. The van der Waals surface area contributed by atoms with Crippen molar-refractivity contribution >= 4 is 0 Å². The first kappa shape index (κ1) is 16.1. The maximum absolute atomic E-state index is 5.70. The largest absolute Gasteiger partial charge is 0.497 e. The van der Waals surface area contributed by atoms with Crippen LogP contribution in [0.15, 0.2) is 52.9 Å². The summed E-state index contributed by atoms with van der Waals surface area (Å²) in [7, 11) is 1.62. The Morgan fingerprint density at radius 3 is 2.50 bits per heavy atom. The normalized spacial score (nSPS) is 10.8. The molecule has 24 heavy (non-hydrogen) atoms. The number of methoxy groups -OCH3 is 1. The summed E-state index contributed by atoms with van der Waals surface area (Å²) >= 11 is 0. The molecule has 0 atom stereocenters. The molecule has 0 unspecified atom stereocenters. The number of nitrogens with zero attached hydrogens (tertiary/aromatic N) is 2. The Kier molecular flexibility index (Phi) is 4.79. The highest BCUT2D eigenvalue weighted by Gasteiger charge is 2.10. The Labute approximate surface area is 141 Å². The summed E-state index contributed by atoms with van der Waals surface area (Å²) in [4.78, 5) is 0. The Morgan fingerprint density at radius 2 is 1.79 bits per heavy atom. The lowest BCUT2D eigenvalue weighted by Crippen LogP contribution is -1.96. The summed E-state index contributed by atoms with van der Waals surface area (Å²) < 4.78 is 16.6. The minimum atomic E-state index is 0.234. The molecule has 3 rings (SSSR count). The van der Waals surface area contributed by atoms with Crippen molar-refractivity contribution in [2.75, 3.05) is 7.11 Å². The number of rotatable bonds is 6. The second-order valence-electron chi connectivity index (χ2n) is 5.75. The molecule has 0 bridgehead atoms. The minimum Gasteiger partial charge on any atom is -0.497 e. The van der Waals surface area contributed by atoms with E-state index in [1.165, 1.54) is 5.56 Å². The van der Waals surface area contributed by atoms with Crippen molar-refractivity contribution in [2.24, 2.45) is 0 Å². The molecule has 0 amide bonds. The Morgan fingerprint density at radius 1 is 1.00 bits per heavy atom. The molecule has 0 N–H and O–H groups in total. The molecule has 3 aromatic rings. The first-order valence-corrected chi connectivity index (χ1v) is 7.85. The molecular formula is C19H20N2O3. The van der Waals surface area contributed by atoms with Crippen LogP contribution in [0, 0.1) is 0 Å². The monoisotopic (exact) mass is 324 g/mol. The molecule has 0 spiro atoms. The van der Waals surface area contributed by atoms with Gasteiger partial charge in [-0.3, -0.25) is 0 Å². The SMILES string of the molecule is COc1cccc(-c2nnc(COc3ccc(C(C)C)cc3)o2)c1. The van der Waals surface area contributed by atoms with E-state index >= 15 is 0 Å². The van der Waals surface area contributed by atoms with Crippen molar-refractivity contribution in [2.45, 2.75) is 26.4 Å². The summed E-state index contributed by atoms with van der Waals surface area (Å²) in [5, 5.41) is 8.09. The van der Waals surface area contributed by atoms with Crippen molar-refractivity contribution < 1.29 is 13.9 Å². The third-order valence-corrected chi connectivity index (χ3v) is 3.69. The van der Waals surface area contributed by atoms with Crippen molar-refractivity contribution in [3.8, 4) is 23.0 Å². The van der Waals surface area contributed by atoms with E-state index in [2.05, 4.69) is 36.2 Å². The molecule has 0 fully saturated rings. The predicted molar refractivity (Wildman–Crippen MR) is 91.1 cm³/mol. The molecule has 0 radical (unpaired) electrons. The lowest BCUT2D eigenvalue weighted by Gasteiger charge is -2.07. The lowest BCUT2D eigenvalue weighted by atomic mass is 10.0. The number of hydrogen-bond donors (Lipinski definition) is 0. The van der Waals surface area contributed by atoms with Crippen LogP contribution in [-0.2, 0) is 6.61 Å². The van der Waals surface area contributed by atoms with E-state index in [4.69, 9.17) is 13.9 Å². The van der Waals surface area contributed by atoms with Gasteiger partial charge in [0.05, 0.1) is 7.11 Å². The van der Waals surface area contributed by atoms with Gasteiger partial charge in [0.1, 0.15) is 11.5 Å². The van der Waals surface area contributed by atoms with E-state index in [0.29, 0.717) is 17.7 Å². The fourth-order valence-electron chi connectivity index (χ4n) is 2.28. The molecule has 2 aromatic carbocycles. The van der Waals surface area contributed by atoms with Gasteiger partial charge in [-0.15, -0.1) is 10.2 Å². The van der Waals surface area contributed by atoms with E-state index in [1.54, 1.807) is 7.11 Å². The molecule has 0 aliphatic rings. The molecule has 5 nitrogen and oxygen atoms in total. The summed E-state index contributed by atoms with van der Waals surface area (Å²) in [6.45, 7) is 4.56. The van der Waals surface area contributed by atoms with Gasteiger partial charge in [0.25, 0.3) is 5.89 Å². The highest BCUT2D eigenvalue weighted by atomic mass is 16.5. The van der Waals surface area contributed by atoms with Crippen molar-refractivity contribution in [3.63, 3.8) is 0 Å². The highest BCUT2D eigenvalue weighted by molar-refractivity contribution is 5.55. The zero-order valence-corrected chi connectivity index (χ0v) is 14.0. The fraction of sp³-hybridized carbons (Fsp3) is 0.263. The van der Waals surface area contributed by atoms with Gasteiger partial charge in [0.15, 0.2) is 6.61 Å². The molecule has 1 aromatic heterocycles. The second kappa shape index (κ2) is 7.17. The number of hydrogen-bond acceptors (Lipinski definition) is 5. The van der Waals surface area contributed by atoms with Crippen molar-refractivity contribution in [3.05, 3.63) is 60.0 Å². The molecule has 0 saturated heterocycles. The molecule has 1 heterocycles. The number of benzene rings is 2. The van der Waals surface area contributed by atoms with Gasteiger partial charge in [0, 0.05) is 5.56 Å². The van der Waals surface area contributed by atoms with Gasteiger partial charge in [-0.1, -0.05) is 32.0 Å². The molecule has 0 aliphatic carbocycles. The Balaban J connectivity index is 1.65. The first-order chi connectivity index (χ1) is 11.7. The third-order valence-electron chi connectivity index (χ3n) is 3.69. The Bertz CT molecular complexity index is 794. The van der Waals surface area contributed by atoms with E-state index in [-0.39, 0.29) is 6.61 Å². The van der Waals surface area contributed by atoms with Crippen LogP contribution in [0.3, 0.4) is 0 Å². The van der Waals surface area contributed by atoms with Crippen LogP contribution in [0.5, 0.6) is 11.5 Å². The summed E-state index contributed by atoms with van der Waals surface area (Å²) in [6.07, 6.45) is 0. The molecule has 124 valence electrons. The number of aromatic nitrogens is 2. The summed E-state index contributed by atoms with van der Waals surface area (Å²) in [6, 6.07) is 15.5. The van der Waals surface area contributed by atoms with Crippen LogP contribution >= 0.6 is 0 Å². The maximum Gasteiger partial charge on any atom is 0.254 e. The predicted octanol–water partition coefficient (Wildman–Crippen LogP) is 4.45. The first-order valence-electron chi connectivity index (χ1n) is 7.85. The van der Waals surface area contributed by atoms with E-state index < -0.39 is 0 Å². The van der Waals surface area contributed by atoms with Gasteiger partial charge in [-0.05, 0) is 41.8 Å². The van der Waals surface area contributed by atoms with E-state index in [0.717, 1.165) is 17.1 Å². The topological polar surface area (TPSA) is 57.4 Å². The van der Waals surface area contributed by atoms with Gasteiger partial charge >= 0.3 is 0 Å². The number of ether oxygens (including phenoxy) is 2. The second-order valence-corrected chi connectivity index (χ2v) is 5.75. The fourth-order valence-corrected chi connectivity index (χ4v) is 2.28. The highest BCUT2D eigenvalue weighted by Crippen LogP contribution is 2.23. The van der Waals surface area contributed by atoms with Gasteiger partial charge in [-0.25, -0.2) is 0 Å². The van der Waals surface area contributed by atoms with Gasteiger partial charge in [-0.2, -0.15) is 0 Å². The quantitative estimate of drug-likeness (QED) is 0.670. The van der Waals surface area contributed by atoms with Crippen molar-refractivity contribution in [1.82, 2.24) is 10.2 Å². The lowest BCUT2D eigenvalue weighted by molar-refractivity contribution is 0.264. The van der Waals surface area contributed by atoms with E-state index in [1.807, 2.05) is 36.4 Å². The van der Waals surface area contributed by atoms with Gasteiger partial charge in [0.2, 0.25) is 5.89 Å². The smallest absolute Gasteiger partial charge is 0.254 e. The van der Waals surface area contributed by atoms with E-state index in [9.17, 15) is 0 Å². The molecule has 5 heteroatoms. The van der Waals surface area contributed by atoms with Crippen LogP contribution in [0.1, 0.15) is 31.2 Å². The third kappa shape index (κ3) is 3.74. The molecule has 0 saturated carbocycles. The average molecular weight is 324 g/mol. The zero-order valence-electron chi connectivity index (χ0n) is 14.0. The Hall–Kier alpha value is -2.82. The maximum atomic E-state index is 5.70. The van der Waals surface area contributed by atoms with Crippen LogP contribution in [0.2, 0.25) is 0 Å². The average Bonchev–Trinajstić information content (AvgIpc) is 3.09.